The molecule has 0 aliphatic carbocycles. The molecule has 1 atom stereocenters. The Morgan fingerprint density at radius 1 is 1.41 bits per heavy atom. The summed E-state index contributed by atoms with van der Waals surface area (Å²) >= 11 is 0. The fourth-order valence-electron chi connectivity index (χ4n) is 1.71. The molecule has 0 bridgehead atoms. The van der Waals surface area contributed by atoms with Gasteiger partial charge in [-0.05, 0) is 5.92 Å². The number of methoxy groups -OCH3 is 2. The van der Waals surface area contributed by atoms with Crippen LogP contribution >= 0.6 is 0 Å². The minimum absolute atomic E-state index is 0.0303. The van der Waals surface area contributed by atoms with Gasteiger partial charge >= 0.3 is 0 Å². The highest BCUT2D eigenvalue weighted by atomic mass is 16.5. The Bertz CT molecular complexity index is 312. The first-order chi connectivity index (χ1) is 8.19. The number of imidazole rings is 1. The van der Waals surface area contributed by atoms with Gasteiger partial charge in [0.25, 0.3) is 0 Å². The van der Waals surface area contributed by atoms with E-state index < -0.39 is 0 Å². The van der Waals surface area contributed by atoms with Gasteiger partial charge in [0.05, 0.1) is 6.61 Å². The lowest BCUT2D eigenvalue weighted by molar-refractivity contribution is 0.0580. The van der Waals surface area contributed by atoms with Crippen LogP contribution in [0.15, 0.2) is 6.20 Å². The number of H-pyrrole nitrogens is 1. The van der Waals surface area contributed by atoms with Crippen molar-refractivity contribution in [1.29, 1.82) is 0 Å². The molecule has 0 aliphatic rings. The fourth-order valence-corrected chi connectivity index (χ4v) is 1.71. The summed E-state index contributed by atoms with van der Waals surface area (Å²) < 4.78 is 10.4. The lowest BCUT2D eigenvalue weighted by atomic mass is 10.1. The molecule has 0 saturated heterocycles. The van der Waals surface area contributed by atoms with Crippen LogP contribution in [0.3, 0.4) is 0 Å². The summed E-state index contributed by atoms with van der Waals surface area (Å²) in [5.41, 5.74) is 1.07. The summed E-state index contributed by atoms with van der Waals surface area (Å²) in [6, 6.07) is 0. The van der Waals surface area contributed by atoms with Crippen molar-refractivity contribution in [2.24, 2.45) is 5.92 Å². The average Bonchev–Trinajstić information content (AvgIpc) is 2.74. The highest BCUT2D eigenvalue weighted by molar-refractivity contribution is 5.04. The van der Waals surface area contributed by atoms with Crippen molar-refractivity contribution >= 4 is 0 Å². The number of nitrogens with zero attached hydrogens (tertiary/aromatic N) is 1. The summed E-state index contributed by atoms with van der Waals surface area (Å²) in [5, 5.41) is 3.27. The van der Waals surface area contributed by atoms with Gasteiger partial charge in [-0.1, -0.05) is 13.8 Å². The maximum Gasteiger partial charge on any atom is 0.135 e. The number of nitrogens with one attached hydrogen (secondary N) is 2. The number of aromatic nitrogens is 2. The van der Waals surface area contributed by atoms with Gasteiger partial charge in [0.1, 0.15) is 11.9 Å². The van der Waals surface area contributed by atoms with Gasteiger partial charge in [-0.15, -0.1) is 0 Å². The monoisotopic (exact) mass is 241 g/mol. The van der Waals surface area contributed by atoms with Crippen LogP contribution in [0.5, 0.6) is 0 Å². The van der Waals surface area contributed by atoms with E-state index in [1.54, 1.807) is 14.2 Å². The molecule has 1 aromatic rings. The van der Waals surface area contributed by atoms with Crippen molar-refractivity contribution in [3.8, 4) is 0 Å². The molecule has 5 nitrogen and oxygen atoms in total. The molecule has 98 valence electrons. The van der Waals surface area contributed by atoms with E-state index in [0.717, 1.165) is 24.6 Å². The van der Waals surface area contributed by atoms with E-state index >= 15 is 0 Å². The third-order valence-electron chi connectivity index (χ3n) is 2.58. The van der Waals surface area contributed by atoms with E-state index in [-0.39, 0.29) is 6.10 Å². The zero-order chi connectivity index (χ0) is 12.7. The molecule has 0 spiro atoms. The van der Waals surface area contributed by atoms with Crippen LogP contribution in [-0.4, -0.2) is 37.3 Å². The van der Waals surface area contributed by atoms with E-state index in [1.165, 1.54) is 0 Å². The van der Waals surface area contributed by atoms with Gasteiger partial charge in [-0.25, -0.2) is 4.98 Å². The maximum atomic E-state index is 5.42. The largest absolute Gasteiger partial charge is 0.383 e. The van der Waals surface area contributed by atoms with Crippen molar-refractivity contribution in [3.05, 3.63) is 17.7 Å². The molecule has 0 saturated carbocycles. The minimum atomic E-state index is 0.0303. The van der Waals surface area contributed by atoms with Crippen LogP contribution in [0.4, 0.5) is 0 Å². The van der Waals surface area contributed by atoms with Crippen molar-refractivity contribution in [1.82, 2.24) is 15.3 Å². The van der Waals surface area contributed by atoms with E-state index in [9.17, 15) is 0 Å². The molecule has 17 heavy (non-hydrogen) atoms. The van der Waals surface area contributed by atoms with Crippen LogP contribution in [0.2, 0.25) is 0 Å². The molecule has 1 heterocycles. The van der Waals surface area contributed by atoms with Crippen LogP contribution < -0.4 is 5.32 Å². The standard InChI is InChI=1S/C12H23N3O2/c1-9(2)11(17-4)12-14-8-10(15-12)7-13-5-6-16-3/h8-9,11,13H,5-7H2,1-4H3,(H,14,15). The second kappa shape index (κ2) is 7.42. The average molecular weight is 241 g/mol. The normalized spacial score (nSPS) is 13.2. The van der Waals surface area contributed by atoms with Gasteiger partial charge in [-0.3, -0.25) is 0 Å². The second-order valence-electron chi connectivity index (χ2n) is 4.36. The fraction of sp³-hybridized carbons (Fsp3) is 0.750. The zero-order valence-corrected chi connectivity index (χ0v) is 11.1. The van der Waals surface area contributed by atoms with E-state index in [0.29, 0.717) is 12.5 Å². The predicted octanol–water partition coefficient (Wildman–Crippen LogP) is 1.49. The van der Waals surface area contributed by atoms with Gasteiger partial charge in [-0.2, -0.15) is 0 Å². The predicted molar refractivity (Wildman–Crippen MR) is 66.8 cm³/mol. The lowest BCUT2D eigenvalue weighted by Gasteiger charge is -2.16. The maximum absolute atomic E-state index is 5.42. The third-order valence-corrected chi connectivity index (χ3v) is 2.58. The molecule has 2 N–H and O–H groups in total. The van der Waals surface area contributed by atoms with Gasteiger partial charge in [0.2, 0.25) is 0 Å². The van der Waals surface area contributed by atoms with E-state index in [2.05, 4.69) is 29.1 Å². The van der Waals surface area contributed by atoms with E-state index in [1.807, 2.05) is 6.20 Å². The molecule has 0 radical (unpaired) electrons. The van der Waals surface area contributed by atoms with Gasteiger partial charge in [0.15, 0.2) is 0 Å². The summed E-state index contributed by atoms with van der Waals surface area (Å²) in [6.07, 6.45) is 1.88. The highest BCUT2D eigenvalue weighted by Gasteiger charge is 2.17. The highest BCUT2D eigenvalue weighted by Crippen LogP contribution is 2.21. The number of hydrogen-bond acceptors (Lipinski definition) is 4. The molecule has 5 heteroatoms. The van der Waals surface area contributed by atoms with Crippen LogP contribution in [-0.2, 0) is 16.0 Å². The molecule has 1 unspecified atom stereocenters. The smallest absolute Gasteiger partial charge is 0.135 e. The first kappa shape index (κ1) is 14.2. The molecule has 0 fully saturated rings. The molecule has 0 aliphatic heterocycles. The second-order valence-corrected chi connectivity index (χ2v) is 4.36. The first-order valence-corrected chi connectivity index (χ1v) is 5.95. The molecule has 0 aromatic carbocycles. The number of ether oxygens (including phenoxy) is 2. The van der Waals surface area contributed by atoms with Crippen molar-refractivity contribution in [2.45, 2.75) is 26.5 Å². The lowest BCUT2D eigenvalue weighted by Crippen LogP contribution is -2.18. The van der Waals surface area contributed by atoms with Crippen LogP contribution in [0.1, 0.15) is 31.5 Å². The van der Waals surface area contributed by atoms with Crippen molar-refractivity contribution in [2.75, 3.05) is 27.4 Å². The molecular formula is C12H23N3O2. The molecular weight excluding hydrogens is 218 g/mol. The number of rotatable bonds is 8. The Morgan fingerprint density at radius 3 is 2.76 bits per heavy atom. The van der Waals surface area contributed by atoms with Crippen LogP contribution in [0.25, 0.3) is 0 Å². The Hall–Kier alpha value is -0.910. The Kier molecular flexibility index (Phi) is 6.18. The third kappa shape index (κ3) is 4.46. The van der Waals surface area contributed by atoms with Gasteiger partial charge < -0.3 is 19.8 Å². The molecule has 1 rings (SSSR count). The minimum Gasteiger partial charge on any atom is -0.383 e. The SMILES string of the molecule is COCCNCc1cnc(C(OC)C(C)C)[nH]1. The zero-order valence-electron chi connectivity index (χ0n) is 11.1. The molecule has 1 aromatic heterocycles. The number of hydrogen-bond donors (Lipinski definition) is 2. The summed E-state index contributed by atoms with van der Waals surface area (Å²) in [4.78, 5) is 7.64. The Balaban J connectivity index is 2.46. The molecule has 0 amide bonds. The van der Waals surface area contributed by atoms with Gasteiger partial charge in [0, 0.05) is 39.2 Å². The summed E-state index contributed by atoms with van der Waals surface area (Å²) in [6.45, 7) is 6.56. The Morgan fingerprint density at radius 2 is 2.18 bits per heavy atom. The summed E-state index contributed by atoms with van der Waals surface area (Å²) in [5.74, 6) is 1.30. The quantitative estimate of drug-likeness (QED) is 0.677. The number of aromatic amines is 1. The van der Waals surface area contributed by atoms with E-state index in [4.69, 9.17) is 9.47 Å². The van der Waals surface area contributed by atoms with Crippen molar-refractivity contribution in [3.63, 3.8) is 0 Å². The van der Waals surface area contributed by atoms with Crippen LogP contribution in [0, 0.1) is 5.92 Å². The van der Waals surface area contributed by atoms with Crippen molar-refractivity contribution < 1.29 is 9.47 Å². The topological polar surface area (TPSA) is 59.2 Å². The Labute approximate surface area is 103 Å². The first-order valence-electron chi connectivity index (χ1n) is 5.95. The summed E-state index contributed by atoms with van der Waals surface area (Å²) in [7, 11) is 3.41.